The van der Waals surface area contributed by atoms with E-state index in [9.17, 15) is 9.59 Å². The van der Waals surface area contributed by atoms with E-state index in [1.807, 2.05) is 0 Å². The molecule has 1 aromatic carbocycles. The first-order chi connectivity index (χ1) is 10.4. The van der Waals surface area contributed by atoms with Crippen LogP contribution in [0.1, 0.15) is 21.9 Å². The second kappa shape index (κ2) is 6.85. The molecule has 5 nitrogen and oxygen atoms in total. The minimum Gasteiger partial charge on any atom is -0.466 e. The molecular weight excluding hydrogens is 329 g/mol. The number of ether oxygens (including phenoxy) is 1. The summed E-state index contributed by atoms with van der Waals surface area (Å²) in [6.07, 6.45) is 0. The number of halogens is 2. The SMILES string of the molecule is Cc1cc(C(=O)OCC(=O)Nc2cc(Cl)ccc2Cl)c(C)o1. The predicted molar refractivity (Wildman–Crippen MR) is 83.6 cm³/mol. The number of anilines is 1. The molecule has 2 aromatic rings. The molecule has 2 rings (SSSR count). The van der Waals surface area contributed by atoms with Crippen molar-refractivity contribution in [3.05, 3.63) is 51.4 Å². The molecular formula is C15H13Cl2NO4. The Kier molecular flexibility index (Phi) is 5.11. The number of benzene rings is 1. The van der Waals surface area contributed by atoms with E-state index in [2.05, 4.69) is 5.32 Å². The maximum atomic E-state index is 11.8. The number of amides is 1. The Morgan fingerprint density at radius 3 is 2.59 bits per heavy atom. The summed E-state index contributed by atoms with van der Waals surface area (Å²) in [7, 11) is 0. The van der Waals surface area contributed by atoms with Gasteiger partial charge in [-0.2, -0.15) is 0 Å². The van der Waals surface area contributed by atoms with Gasteiger partial charge in [-0.3, -0.25) is 4.79 Å². The third-order valence-electron chi connectivity index (χ3n) is 2.80. The zero-order chi connectivity index (χ0) is 16.3. The summed E-state index contributed by atoms with van der Waals surface area (Å²) < 4.78 is 10.2. The first-order valence-corrected chi connectivity index (χ1v) is 7.11. The fourth-order valence-electron chi connectivity index (χ4n) is 1.82. The van der Waals surface area contributed by atoms with E-state index in [4.69, 9.17) is 32.4 Å². The molecule has 7 heteroatoms. The molecule has 0 spiro atoms. The molecule has 0 radical (unpaired) electrons. The summed E-state index contributed by atoms with van der Waals surface area (Å²) in [4.78, 5) is 23.6. The summed E-state index contributed by atoms with van der Waals surface area (Å²) in [6, 6.07) is 6.23. The van der Waals surface area contributed by atoms with Crippen LogP contribution in [-0.4, -0.2) is 18.5 Å². The summed E-state index contributed by atoms with van der Waals surface area (Å²) >= 11 is 11.8. The van der Waals surface area contributed by atoms with Crippen molar-refractivity contribution in [2.75, 3.05) is 11.9 Å². The maximum absolute atomic E-state index is 11.8. The molecule has 1 aromatic heterocycles. The van der Waals surface area contributed by atoms with Crippen LogP contribution in [0.5, 0.6) is 0 Å². The lowest BCUT2D eigenvalue weighted by atomic mass is 10.2. The summed E-state index contributed by atoms with van der Waals surface area (Å²) in [6.45, 7) is 2.93. The Morgan fingerprint density at radius 1 is 1.23 bits per heavy atom. The Balaban J connectivity index is 1.94. The molecule has 1 N–H and O–H groups in total. The van der Waals surface area contributed by atoms with Crippen LogP contribution in [-0.2, 0) is 9.53 Å². The smallest absolute Gasteiger partial charge is 0.342 e. The van der Waals surface area contributed by atoms with Crippen molar-refractivity contribution in [1.29, 1.82) is 0 Å². The minimum atomic E-state index is -0.623. The first kappa shape index (κ1) is 16.4. The number of esters is 1. The van der Waals surface area contributed by atoms with Crippen LogP contribution >= 0.6 is 23.2 Å². The molecule has 0 unspecified atom stereocenters. The van der Waals surface area contributed by atoms with Crippen molar-refractivity contribution in [3.63, 3.8) is 0 Å². The lowest BCUT2D eigenvalue weighted by Crippen LogP contribution is -2.21. The van der Waals surface area contributed by atoms with Gasteiger partial charge in [0.15, 0.2) is 6.61 Å². The van der Waals surface area contributed by atoms with Crippen molar-refractivity contribution in [2.45, 2.75) is 13.8 Å². The predicted octanol–water partition coefficient (Wildman–Crippen LogP) is 4.00. The van der Waals surface area contributed by atoms with Gasteiger partial charge in [-0.25, -0.2) is 4.79 Å². The number of carbonyl (C=O) groups excluding carboxylic acids is 2. The van der Waals surface area contributed by atoms with E-state index in [1.54, 1.807) is 32.0 Å². The lowest BCUT2D eigenvalue weighted by molar-refractivity contribution is -0.119. The lowest BCUT2D eigenvalue weighted by Gasteiger charge is -2.08. The van der Waals surface area contributed by atoms with Crippen molar-refractivity contribution in [3.8, 4) is 0 Å². The standard InChI is InChI=1S/C15H13Cl2NO4/c1-8-5-11(9(2)22-8)15(20)21-7-14(19)18-13-6-10(16)3-4-12(13)17/h3-6H,7H2,1-2H3,(H,18,19). The quantitative estimate of drug-likeness (QED) is 0.853. The summed E-state index contributed by atoms with van der Waals surface area (Å²) in [5, 5.41) is 3.29. The molecule has 1 heterocycles. The highest BCUT2D eigenvalue weighted by Crippen LogP contribution is 2.25. The van der Waals surface area contributed by atoms with Crippen LogP contribution in [0, 0.1) is 13.8 Å². The van der Waals surface area contributed by atoms with E-state index in [0.29, 0.717) is 32.8 Å². The van der Waals surface area contributed by atoms with E-state index in [1.165, 1.54) is 6.07 Å². The van der Waals surface area contributed by atoms with Crippen LogP contribution in [0.25, 0.3) is 0 Å². The van der Waals surface area contributed by atoms with Crippen LogP contribution in [0.2, 0.25) is 10.0 Å². The number of hydrogen-bond acceptors (Lipinski definition) is 4. The highest BCUT2D eigenvalue weighted by Gasteiger charge is 2.16. The highest BCUT2D eigenvalue weighted by atomic mass is 35.5. The van der Waals surface area contributed by atoms with Gasteiger partial charge in [-0.05, 0) is 38.1 Å². The Hall–Kier alpha value is -1.98. The molecule has 0 aliphatic heterocycles. The number of rotatable bonds is 4. The number of aryl methyl sites for hydroxylation is 2. The molecule has 116 valence electrons. The zero-order valence-electron chi connectivity index (χ0n) is 11.9. The number of hydrogen-bond donors (Lipinski definition) is 1. The fourth-order valence-corrected chi connectivity index (χ4v) is 2.16. The average Bonchev–Trinajstić information content (AvgIpc) is 2.79. The Labute approximate surface area is 137 Å². The van der Waals surface area contributed by atoms with Crippen molar-refractivity contribution < 1.29 is 18.7 Å². The van der Waals surface area contributed by atoms with Crippen molar-refractivity contribution >= 4 is 40.8 Å². The first-order valence-electron chi connectivity index (χ1n) is 6.36. The largest absolute Gasteiger partial charge is 0.466 e. The molecule has 0 saturated carbocycles. The average molecular weight is 342 g/mol. The maximum Gasteiger partial charge on any atom is 0.342 e. The summed E-state index contributed by atoms with van der Waals surface area (Å²) in [5.74, 6) is -0.0996. The number of furan rings is 1. The van der Waals surface area contributed by atoms with E-state index < -0.39 is 18.5 Å². The van der Waals surface area contributed by atoms with Gasteiger partial charge in [0, 0.05) is 5.02 Å². The van der Waals surface area contributed by atoms with Gasteiger partial charge in [0.2, 0.25) is 0 Å². The van der Waals surface area contributed by atoms with Crippen molar-refractivity contribution in [2.24, 2.45) is 0 Å². The van der Waals surface area contributed by atoms with Crippen LogP contribution in [0.4, 0.5) is 5.69 Å². The Bertz CT molecular complexity index is 724. The highest BCUT2D eigenvalue weighted by molar-refractivity contribution is 6.35. The minimum absolute atomic E-state index is 0.297. The third kappa shape index (κ3) is 4.02. The van der Waals surface area contributed by atoms with Gasteiger partial charge in [-0.1, -0.05) is 23.2 Å². The fraction of sp³-hybridized carbons (Fsp3) is 0.200. The molecule has 0 fully saturated rings. The zero-order valence-corrected chi connectivity index (χ0v) is 13.4. The van der Waals surface area contributed by atoms with Gasteiger partial charge >= 0.3 is 5.97 Å². The molecule has 0 aliphatic carbocycles. The van der Waals surface area contributed by atoms with Gasteiger partial charge < -0.3 is 14.5 Å². The molecule has 0 atom stereocenters. The van der Waals surface area contributed by atoms with E-state index in [-0.39, 0.29) is 0 Å². The molecule has 22 heavy (non-hydrogen) atoms. The second-order valence-corrected chi connectivity index (χ2v) is 5.42. The number of carbonyl (C=O) groups is 2. The van der Waals surface area contributed by atoms with Gasteiger partial charge in [0.25, 0.3) is 5.91 Å². The summed E-state index contributed by atoms with van der Waals surface area (Å²) in [5.41, 5.74) is 0.650. The van der Waals surface area contributed by atoms with Gasteiger partial charge in [0.05, 0.1) is 10.7 Å². The third-order valence-corrected chi connectivity index (χ3v) is 3.36. The normalized spacial score (nSPS) is 10.4. The topological polar surface area (TPSA) is 68.5 Å². The van der Waals surface area contributed by atoms with Crippen LogP contribution in [0.15, 0.2) is 28.7 Å². The van der Waals surface area contributed by atoms with Crippen molar-refractivity contribution in [1.82, 2.24) is 0 Å². The van der Waals surface area contributed by atoms with E-state index in [0.717, 1.165) is 0 Å². The van der Waals surface area contributed by atoms with E-state index >= 15 is 0 Å². The van der Waals surface area contributed by atoms with Crippen LogP contribution < -0.4 is 5.32 Å². The molecule has 0 aliphatic rings. The van der Waals surface area contributed by atoms with Crippen LogP contribution in [0.3, 0.4) is 0 Å². The number of nitrogens with one attached hydrogen (secondary N) is 1. The van der Waals surface area contributed by atoms with Gasteiger partial charge in [-0.15, -0.1) is 0 Å². The molecule has 0 bridgehead atoms. The molecule has 1 amide bonds. The Morgan fingerprint density at radius 2 is 1.95 bits per heavy atom. The monoisotopic (exact) mass is 341 g/mol. The molecule has 0 saturated heterocycles. The van der Waals surface area contributed by atoms with Gasteiger partial charge in [0.1, 0.15) is 17.1 Å². The second-order valence-electron chi connectivity index (χ2n) is 4.58.